The minimum Gasteiger partial charge on any atom is -0.495 e. The van der Waals surface area contributed by atoms with Crippen LogP contribution in [-0.2, 0) is 17.1 Å². The molecule has 3 aromatic rings. The molecule has 1 heterocycles. The number of hydrogen-bond donors (Lipinski definition) is 0. The van der Waals surface area contributed by atoms with Crippen molar-refractivity contribution in [2.45, 2.75) is 44.4 Å². The summed E-state index contributed by atoms with van der Waals surface area (Å²) in [5.41, 5.74) is 1.10. The van der Waals surface area contributed by atoms with Crippen LogP contribution in [0.25, 0.3) is 10.2 Å². The van der Waals surface area contributed by atoms with Crippen molar-refractivity contribution >= 4 is 37.5 Å². The molecule has 1 amide bonds. The van der Waals surface area contributed by atoms with Gasteiger partial charge < -0.3 is 14.0 Å². The van der Waals surface area contributed by atoms with Crippen LogP contribution in [0.15, 0.2) is 46.3 Å². The molecule has 0 atom stereocenters. The van der Waals surface area contributed by atoms with Gasteiger partial charge in [-0.25, -0.2) is 8.42 Å². The number of benzene rings is 2. The third-order valence-corrected chi connectivity index (χ3v) is 8.83. The van der Waals surface area contributed by atoms with E-state index in [1.54, 1.807) is 23.1 Å². The highest BCUT2D eigenvalue weighted by Crippen LogP contribution is 2.34. The summed E-state index contributed by atoms with van der Waals surface area (Å²) in [7, 11) is 1.36. The number of unbranched alkanes of at least 4 members (excludes halogenated alkanes) is 2. The van der Waals surface area contributed by atoms with E-state index in [0.717, 1.165) is 35.9 Å². The standard InChI is InChI=1S/C25H33N3O5S2/c1-6-8-16-28(17-9-7-2)35(30,31)19-12-10-18(11-13-19)24(29)26-25-27(3)22-20(32-4)14-15-21(33-5)23(22)34-25/h10-15H,6-9,16-17H2,1-5H3. The van der Waals surface area contributed by atoms with Gasteiger partial charge >= 0.3 is 0 Å². The van der Waals surface area contributed by atoms with Gasteiger partial charge in [-0.3, -0.25) is 4.79 Å². The quantitative estimate of drug-likeness (QED) is 0.370. The van der Waals surface area contributed by atoms with Crippen LogP contribution in [0.5, 0.6) is 11.5 Å². The van der Waals surface area contributed by atoms with E-state index in [-0.39, 0.29) is 4.90 Å². The number of rotatable bonds is 11. The van der Waals surface area contributed by atoms with Crippen LogP contribution in [0, 0.1) is 0 Å². The van der Waals surface area contributed by atoms with E-state index in [1.807, 2.05) is 33.0 Å². The van der Waals surface area contributed by atoms with Gasteiger partial charge in [0.05, 0.1) is 19.1 Å². The zero-order valence-corrected chi connectivity index (χ0v) is 22.5. The molecule has 190 valence electrons. The van der Waals surface area contributed by atoms with E-state index in [4.69, 9.17) is 9.47 Å². The summed E-state index contributed by atoms with van der Waals surface area (Å²) in [6.07, 6.45) is 3.44. The summed E-state index contributed by atoms with van der Waals surface area (Å²) in [4.78, 5) is 17.9. The van der Waals surface area contributed by atoms with E-state index in [0.29, 0.717) is 35.0 Å². The molecule has 1 aromatic heterocycles. The Kier molecular flexibility index (Phi) is 9.09. The van der Waals surface area contributed by atoms with Crippen LogP contribution in [0.3, 0.4) is 0 Å². The molecular weight excluding hydrogens is 486 g/mol. The third kappa shape index (κ3) is 5.76. The van der Waals surface area contributed by atoms with Gasteiger partial charge in [0.15, 0.2) is 4.80 Å². The number of ether oxygens (including phenoxy) is 2. The smallest absolute Gasteiger partial charge is 0.279 e. The minimum atomic E-state index is -3.62. The highest BCUT2D eigenvalue weighted by molar-refractivity contribution is 7.89. The maximum Gasteiger partial charge on any atom is 0.279 e. The summed E-state index contributed by atoms with van der Waals surface area (Å²) in [6.45, 7) is 5.06. The Bertz CT molecular complexity index is 1330. The number of amides is 1. The van der Waals surface area contributed by atoms with Crippen molar-refractivity contribution in [2.75, 3.05) is 27.3 Å². The van der Waals surface area contributed by atoms with Crippen LogP contribution < -0.4 is 14.3 Å². The van der Waals surface area contributed by atoms with Gasteiger partial charge in [0.25, 0.3) is 5.91 Å². The maximum atomic E-state index is 13.2. The molecule has 0 bridgehead atoms. The van der Waals surface area contributed by atoms with Crippen molar-refractivity contribution in [3.63, 3.8) is 0 Å². The average Bonchev–Trinajstić information content (AvgIpc) is 3.19. The first-order valence-corrected chi connectivity index (χ1v) is 13.9. The van der Waals surface area contributed by atoms with Crippen molar-refractivity contribution in [3.8, 4) is 11.5 Å². The van der Waals surface area contributed by atoms with Crippen molar-refractivity contribution in [1.82, 2.24) is 8.87 Å². The van der Waals surface area contributed by atoms with Gasteiger partial charge in [0.2, 0.25) is 10.0 Å². The van der Waals surface area contributed by atoms with Gasteiger partial charge in [-0.1, -0.05) is 38.0 Å². The second-order valence-corrected chi connectivity index (χ2v) is 11.1. The second-order valence-electron chi connectivity index (χ2n) is 8.14. The van der Waals surface area contributed by atoms with Gasteiger partial charge in [0.1, 0.15) is 21.7 Å². The Labute approximate surface area is 210 Å². The van der Waals surface area contributed by atoms with Crippen molar-refractivity contribution < 1.29 is 22.7 Å². The lowest BCUT2D eigenvalue weighted by atomic mass is 10.2. The number of thiazole rings is 1. The Balaban J connectivity index is 1.93. The largest absolute Gasteiger partial charge is 0.495 e. The molecule has 0 N–H and O–H groups in total. The number of sulfonamides is 1. The summed E-state index contributed by atoms with van der Waals surface area (Å²) in [5.74, 6) is 0.863. The van der Waals surface area contributed by atoms with Crippen molar-refractivity contribution in [3.05, 3.63) is 46.8 Å². The summed E-state index contributed by atoms with van der Waals surface area (Å²) < 4.78 is 41.4. The predicted octanol–water partition coefficient (Wildman–Crippen LogP) is 4.59. The first kappa shape index (κ1) is 26.9. The number of aromatic nitrogens is 1. The number of aryl methyl sites for hydroxylation is 1. The molecule has 0 fully saturated rings. The van der Waals surface area contributed by atoms with E-state index in [9.17, 15) is 13.2 Å². The lowest BCUT2D eigenvalue weighted by Crippen LogP contribution is -2.33. The molecule has 0 aliphatic rings. The third-order valence-electron chi connectivity index (χ3n) is 5.77. The maximum absolute atomic E-state index is 13.2. The number of nitrogens with zero attached hydrogens (tertiary/aromatic N) is 3. The lowest BCUT2D eigenvalue weighted by Gasteiger charge is -2.22. The van der Waals surface area contributed by atoms with E-state index >= 15 is 0 Å². The summed E-state index contributed by atoms with van der Waals surface area (Å²) in [6, 6.07) is 9.63. The molecule has 0 saturated heterocycles. The first-order chi connectivity index (χ1) is 16.8. The monoisotopic (exact) mass is 519 g/mol. The predicted molar refractivity (Wildman–Crippen MR) is 139 cm³/mol. The van der Waals surface area contributed by atoms with Gasteiger partial charge in [-0.05, 0) is 49.2 Å². The zero-order valence-electron chi connectivity index (χ0n) is 20.9. The van der Waals surface area contributed by atoms with Crippen molar-refractivity contribution in [2.24, 2.45) is 12.0 Å². The number of carbonyl (C=O) groups excluding carboxylic acids is 1. The molecular formula is C25H33N3O5S2. The molecule has 0 spiro atoms. The van der Waals surface area contributed by atoms with Crippen LogP contribution in [0.1, 0.15) is 49.9 Å². The second kappa shape index (κ2) is 11.8. The fourth-order valence-corrected chi connectivity index (χ4v) is 6.36. The Morgan fingerprint density at radius 2 is 1.54 bits per heavy atom. The Morgan fingerprint density at radius 1 is 0.971 bits per heavy atom. The van der Waals surface area contributed by atoms with Gasteiger partial charge in [0, 0.05) is 25.7 Å². The molecule has 0 radical (unpaired) electrons. The Hall–Kier alpha value is -2.69. The highest BCUT2D eigenvalue weighted by atomic mass is 32.2. The van der Waals surface area contributed by atoms with Gasteiger partial charge in [-0.2, -0.15) is 9.30 Å². The van der Waals surface area contributed by atoms with E-state index in [1.165, 1.54) is 35.6 Å². The van der Waals surface area contributed by atoms with Crippen LogP contribution >= 0.6 is 11.3 Å². The van der Waals surface area contributed by atoms with E-state index in [2.05, 4.69) is 4.99 Å². The first-order valence-electron chi connectivity index (χ1n) is 11.7. The minimum absolute atomic E-state index is 0.183. The molecule has 3 rings (SSSR count). The molecule has 0 aliphatic heterocycles. The van der Waals surface area contributed by atoms with Crippen LogP contribution in [0.4, 0.5) is 0 Å². The SMILES string of the molecule is CCCCN(CCCC)S(=O)(=O)c1ccc(C(=O)N=c2sc3c(OC)ccc(OC)c3n2C)cc1. The number of fused-ring (bicyclic) bond motifs is 1. The topological polar surface area (TPSA) is 90.2 Å². The molecule has 8 nitrogen and oxygen atoms in total. The fraction of sp³-hybridized carbons (Fsp3) is 0.440. The molecule has 35 heavy (non-hydrogen) atoms. The van der Waals surface area contributed by atoms with Crippen molar-refractivity contribution in [1.29, 1.82) is 0 Å². The molecule has 0 saturated carbocycles. The molecule has 10 heteroatoms. The van der Waals surface area contributed by atoms with Crippen LogP contribution in [0.2, 0.25) is 0 Å². The molecule has 0 unspecified atom stereocenters. The number of methoxy groups -OCH3 is 2. The highest BCUT2D eigenvalue weighted by Gasteiger charge is 2.24. The van der Waals surface area contributed by atoms with Gasteiger partial charge in [-0.15, -0.1) is 0 Å². The molecule has 0 aliphatic carbocycles. The summed E-state index contributed by atoms with van der Waals surface area (Å²) in [5, 5.41) is 0. The number of carbonyl (C=O) groups is 1. The van der Waals surface area contributed by atoms with E-state index < -0.39 is 15.9 Å². The fourth-order valence-electron chi connectivity index (χ4n) is 3.72. The molecule has 2 aromatic carbocycles. The zero-order chi connectivity index (χ0) is 25.6. The average molecular weight is 520 g/mol. The van der Waals surface area contributed by atoms with Crippen LogP contribution in [-0.4, -0.2) is 50.5 Å². The normalized spacial score (nSPS) is 12.5. The lowest BCUT2D eigenvalue weighted by molar-refractivity contribution is 0.0998. The number of hydrogen-bond acceptors (Lipinski definition) is 6. The Morgan fingerprint density at radius 3 is 2.09 bits per heavy atom. The summed E-state index contributed by atoms with van der Waals surface area (Å²) >= 11 is 1.32.